The number of non-ortho nitro benzene ring substituents is 1. The fourth-order valence-corrected chi connectivity index (χ4v) is 2.65. The van der Waals surface area contributed by atoms with Crippen LogP contribution in [0.15, 0.2) is 36.4 Å². The van der Waals surface area contributed by atoms with Gasteiger partial charge in [0.2, 0.25) is 0 Å². The maximum absolute atomic E-state index is 12.1. The second-order valence-electron chi connectivity index (χ2n) is 5.41. The van der Waals surface area contributed by atoms with E-state index in [0.717, 1.165) is 6.07 Å². The third kappa shape index (κ3) is 5.98. The van der Waals surface area contributed by atoms with Crippen LogP contribution in [0.1, 0.15) is 6.92 Å². The summed E-state index contributed by atoms with van der Waals surface area (Å²) in [6, 6.07) is 8.04. The second-order valence-corrected chi connectivity index (χ2v) is 6.66. The first kappa shape index (κ1) is 21.7. The number of carbonyl (C=O) groups is 2. The Balaban J connectivity index is 1.89. The number of nitro groups is 1. The molecule has 2 rings (SSSR count). The van der Waals surface area contributed by atoms with E-state index < -0.39 is 29.5 Å². The molecule has 2 aromatic rings. The zero-order valence-corrected chi connectivity index (χ0v) is 16.5. The zero-order chi connectivity index (χ0) is 20.8. The number of halogens is 3. The van der Waals surface area contributed by atoms with Crippen molar-refractivity contribution < 1.29 is 24.0 Å². The quantitative estimate of drug-likeness (QED) is 0.380. The Hall–Kier alpha value is -2.55. The summed E-state index contributed by atoms with van der Waals surface area (Å²) >= 11 is 17.6. The molecule has 0 spiro atoms. The van der Waals surface area contributed by atoms with Crippen molar-refractivity contribution >= 4 is 58.1 Å². The van der Waals surface area contributed by atoms with Gasteiger partial charge in [-0.05, 0) is 31.2 Å². The van der Waals surface area contributed by atoms with Crippen LogP contribution in [0.2, 0.25) is 15.1 Å². The fourth-order valence-electron chi connectivity index (χ4n) is 1.97. The van der Waals surface area contributed by atoms with Crippen LogP contribution in [-0.2, 0) is 14.3 Å². The fraction of sp³-hybridized carbons (Fsp3) is 0.176. The molecule has 0 heterocycles. The molecule has 11 heteroatoms. The summed E-state index contributed by atoms with van der Waals surface area (Å²) in [6.07, 6.45) is -1.16. The number of hydrogen-bond donors (Lipinski definition) is 1. The molecule has 28 heavy (non-hydrogen) atoms. The van der Waals surface area contributed by atoms with E-state index in [0.29, 0.717) is 5.02 Å². The minimum absolute atomic E-state index is 0.0261. The molecule has 0 aliphatic carbocycles. The molecule has 0 aliphatic rings. The number of anilines is 1. The SMILES string of the molecule is CC(OC(=O)COc1ccc(Cl)cc1Cl)C(=O)Nc1ccc([N+](=O)[O-])cc1Cl. The van der Waals surface area contributed by atoms with Crippen LogP contribution in [0.4, 0.5) is 11.4 Å². The number of benzene rings is 2. The van der Waals surface area contributed by atoms with Gasteiger partial charge in [-0.15, -0.1) is 0 Å². The summed E-state index contributed by atoms with van der Waals surface area (Å²) < 4.78 is 10.2. The van der Waals surface area contributed by atoms with Gasteiger partial charge in [-0.3, -0.25) is 14.9 Å². The van der Waals surface area contributed by atoms with E-state index in [2.05, 4.69) is 5.32 Å². The summed E-state index contributed by atoms with van der Waals surface area (Å²) in [5, 5.41) is 13.7. The van der Waals surface area contributed by atoms with Gasteiger partial charge in [-0.25, -0.2) is 4.79 Å². The van der Waals surface area contributed by atoms with Gasteiger partial charge < -0.3 is 14.8 Å². The van der Waals surface area contributed by atoms with Crippen molar-refractivity contribution in [2.75, 3.05) is 11.9 Å². The molecule has 0 aliphatic heterocycles. The number of ether oxygens (including phenoxy) is 2. The molecular formula is C17H13Cl3N2O6. The molecule has 148 valence electrons. The molecule has 1 unspecified atom stereocenters. The monoisotopic (exact) mass is 446 g/mol. The van der Waals surface area contributed by atoms with Gasteiger partial charge in [0.25, 0.3) is 11.6 Å². The van der Waals surface area contributed by atoms with Crippen LogP contribution >= 0.6 is 34.8 Å². The number of rotatable bonds is 7. The number of hydrogen-bond acceptors (Lipinski definition) is 6. The molecule has 0 saturated carbocycles. The van der Waals surface area contributed by atoms with Crippen LogP contribution < -0.4 is 10.1 Å². The second kappa shape index (κ2) is 9.59. The van der Waals surface area contributed by atoms with Gasteiger partial charge in [-0.1, -0.05) is 34.8 Å². The van der Waals surface area contributed by atoms with E-state index in [-0.39, 0.29) is 27.2 Å². The first-order valence-electron chi connectivity index (χ1n) is 7.69. The predicted octanol–water partition coefficient (Wildman–Crippen LogP) is 4.50. The molecule has 1 atom stereocenters. The van der Waals surface area contributed by atoms with Crippen molar-refractivity contribution in [2.24, 2.45) is 0 Å². The minimum atomic E-state index is -1.16. The van der Waals surface area contributed by atoms with E-state index in [4.69, 9.17) is 44.3 Å². The summed E-state index contributed by atoms with van der Waals surface area (Å²) in [4.78, 5) is 34.1. The van der Waals surface area contributed by atoms with Crippen molar-refractivity contribution in [1.82, 2.24) is 0 Å². The maximum atomic E-state index is 12.1. The van der Waals surface area contributed by atoms with Gasteiger partial charge >= 0.3 is 5.97 Å². The topological polar surface area (TPSA) is 108 Å². The Bertz CT molecular complexity index is 922. The summed E-state index contributed by atoms with van der Waals surface area (Å²) in [7, 11) is 0. The Morgan fingerprint density at radius 1 is 1.14 bits per heavy atom. The number of nitrogens with zero attached hydrogens (tertiary/aromatic N) is 1. The molecule has 1 amide bonds. The molecule has 2 aromatic carbocycles. The van der Waals surface area contributed by atoms with E-state index in [1.54, 1.807) is 0 Å². The minimum Gasteiger partial charge on any atom is -0.480 e. The standard InChI is InChI=1S/C17H13Cl3N2O6/c1-9(17(24)21-14-4-3-11(22(25)26)7-12(14)19)28-16(23)8-27-15-5-2-10(18)6-13(15)20/h2-7,9H,8H2,1H3,(H,21,24). The van der Waals surface area contributed by atoms with Gasteiger partial charge in [0.05, 0.1) is 20.7 Å². The molecule has 0 bridgehead atoms. The Morgan fingerprint density at radius 2 is 1.86 bits per heavy atom. The molecule has 0 radical (unpaired) electrons. The summed E-state index contributed by atoms with van der Waals surface area (Å²) in [5.41, 5.74) is -0.0788. The van der Waals surface area contributed by atoms with E-state index >= 15 is 0 Å². The van der Waals surface area contributed by atoms with Gasteiger partial charge in [0, 0.05) is 17.2 Å². The Kier molecular flexibility index (Phi) is 7.45. The van der Waals surface area contributed by atoms with Crippen molar-refractivity contribution in [1.29, 1.82) is 0 Å². The highest BCUT2D eigenvalue weighted by molar-refractivity contribution is 6.35. The highest BCUT2D eigenvalue weighted by Crippen LogP contribution is 2.28. The lowest BCUT2D eigenvalue weighted by Gasteiger charge is -2.14. The van der Waals surface area contributed by atoms with Crippen LogP contribution in [-0.4, -0.2) is 29.5 Å². The van der Waals surface area contributed by atoms with Crippen LogP contribution in [0.5, 0.6) is 5.75 Å². The van der Waals surface area contributed by atoms with Crippen molar-refractivity contribution in [3.05, 3.63) is 61.6 Å². The third-order valence-corrected chi connectivity index (χ3v) is 4.18. The normalized spacial score (nSPS) is 11.4. The lowest BCUT2D eigenvalue weighted by molar-refractivity contribution is -0.384. The number of amides is 1. The number of nitro benzene ring substituents is 1. The highest BCUT2D eigenvalue weighted by Gasteiger charge is 2.20. The predicted molar refractivity (Wildman–Crippen MR) is 104 cm³/mol. The van der Waals surface area contributed by atoms with Gasteiger partial charge in [0.1, 0.15) is 5.75 Å². The van der Waals surface area contributed by atoms with Crippen molar-refractivity contribution in [3.8, 4) is 5.75 Å². The largest absolute Gasteiger partial charge is 0.480 e. The van der Waals surface area contributed by atoms with E-state index in [1.165, 1.54) is 37.3 Å². The first-order valence-corrected chi connectivity index (χ1v) is 8.83. The number of carbonyl (C=O) groups excluding carboxylic acids is 2. The van der Waals surface area contributed by atoms with Crippen molar-refractivity contribution in [3.63, 3.8) is 0 Å². The van der Waals surface area contributed by atoms with E-state index in [9.17, 15) is 19.7 Å². The summed E-state index contributed by atoms with van der Waals surface area (Å²) in [5.74, 6) is -1.24. The first-order chi connectivity index (χ1) is 13.2. The maximum Gasteiger partial charge on any atom is 0.344 e. The zero-order valence-electron chi connectivity index (χ0n) is 14.3. The smallest absolute Gasteiger partial charge is 0.344 e. The Morgan fingerprint density at radius 3 is 2.46 bits per heavy atom. The van der Waals surface area contributed by atoms with Crippen LogP contribution in [0.25, 0.3) is 0 Å². The lowest BCUT2D eigenvalue weighted by atomic mass is 10.2. The average Bonchev–Trinajstić information content (AvgIpc) is 2.62. The Labute approximate surface area is 174 Å². The molecule has 0 aromatic heterocycles. The molecule has 0 saturated heterocycles. The molecular weight excluding hydrogens is 435 g/mol. The number of nitrogens with one attached hydrogen (secondary N) is 1. The van der Waals surface area contributed by atoms with Gasteiger partial charge in [0.15, 0.2) is 12.7 Å². The summed E-state index contributed by atoms with van der Waals surface area (Å²) in [6.45, 7) is 0.874. The number of esters is 1. The van der Waals surface area contributed by atoms with Gasteiger partial charge in [-0.2, -0.15) is 0 Å². The molecule has 0 fully saturated rings. The highest BCUT2D eigenvalue weighted by atomic mass is 35.5. The van der Waals surface area contributed by atoms with Crippen molar-refractivity contribution in [2.45, 2.75) is 13.0 Å². The molecule has 1 N–H and O–H groups in total. The van der Waals surface area contributed by atoms with Crippen LogP contribution in [0.3, 0.4) is 0 Å². The third-order valence-electron chi connectivity index (χ3n) is 3.34. The lowest BCUT2D eigenvalue weighted by Crippen LogP contribution is -2.31. The van der Waals surface area contributed by atoms with E-state index in [1.807, 2.05) is 0 Å². The average molecular weight is 448 g/mol. The van der Waals surface area contributed by atoms with Crippen LogP contribution in [0, 0.1) is 10.1 Å². The molecule has 8 nitrogen and oxygen atoms in total.